The van der Waals surface area contributed by atoms with Crippen molar-refractivity contribution in [1.82, 2.24) is 4.90 Å². The molecule has 86 valence electrons. The van der Waals surface area contributed by atoms with Crippen LogP contribution in [0, 0.1) is 0 Å². The Balaban J connectivity index is 4.39. The van der Waals surface area contributed by atoms with Crippen molar-refractivity contribution in [2.75, 3.05) is 13.1 Å². The molecule has 0 aromatic heterocycles. The molecular weight excluding hydrogens is 198 g/mol. The second-order valence-corrected chi connectivity index (χ2v) is 3.19. The highest BCUT2D eigenvalue weighted by molar-refractivity contribution is 5.73. The number of nitrogens with zero attached hydrogens (tertiary/aromatic N) is 1. The predicted molar refractivity (Wildman–Crippen MR) is 55.7 cm³/mol. The first-order valence-electron chi connectivity index (χ1n) is 4.82. The second kappa shape index (κ2) is 7.00. The quantitative estimate of drug-likeness (QED) is 0.586. The largest absolute Gasteiger partial charge is 0.481 e. The molecule has 0 spiro atoms. The predicted octanol–water partition coefficient (Wildman–Crippen LogP) is 0.812. The summed E-state index contributed by atoms with van der Waals surface area (Å²) in [6.07, 6.45) is 1.97. The highest BCUT2D eigenvalue weighted by atomic mass is 16.4. The van der Waals surface area contributed by atoms with E-state index in [1.165, 1.54) is 0 Å². The molecule has 0 fully saturated rings. The maximum atomic E-state index is 10.9. The molecule has 0 aliphatic rings. The van der Waals surface area contributed by atoms with Gasteiger partial charge in [-0.15, -0.1) is 6.58 Å². The first-order chi connectivity index (χ1) is 7.02. The number of rotatable bonds is 8. The molecule has 5 nitrogen and oxygen atoms in total. The Hall–Kier alpha value is -1.36. The normalized spacial score (nSPS) is 12.4. The Morgan fingerprint density at radius 2 is 2.07 bits per heavy atom. The summed E-state index contributed by atoms with van der Waals surface area (Å²) in [6.45, 7) is 5.90. The van der Waals surface area contributed by atoms with Crippen molar-refractivity contribution in [1.29, 1.82) is 0 Å². The van der Waals surface area contributed by atoms with Crippen LogP contribution in [0.3, 0.4) is 0 Å². The molecule has 0 aromatic carbocycles. The van der Waals surface area contributed by atoms with Crippen LogP contribution in [0.15, 0.2) is 12.7 Å². The van der Waals surface area contributed by atoms with Gasteiger partial charge >= 0.3 is 11.9 Å². The Kier molecular flexibility index (Phi) is 6.37. The van der Waals surface area contributed by atoms with E-state index in [-0.39, 0.29) is 13.0 Å². The van der Waals surface area contributed by atoms with Crippen molar-refractivity contribution in [3.63, 3.8) is 0 Å². The SMILES string of the molecule is C=CCN(CCC(=O)O)C(CC)C(=O)O. The molecule has 15 heavy (non-hydrogen) atoms. The molecule has 1 atom stereocenters. The summed E-state index contributed by atoms with van der Waals surface area (Å²) >= 11 is 0. The lowest BCUT2D eigenvalue weighted by atomic mass is 10.2. The lowest BCUT2D eigenvalue weighted by Crippen LogP contribution is -2.42. The van der Waals surface area contributed by atoms with Gasteiger partial charge in [0, 0.05) is 13.1 Å². The van der Waals surface area contributed by atoms with Crippen LogP contribution in [0.4, 0.5) is 0 Å². The first-order valence-corrected chi connectivity index (χ1v) is 4.82. The summed E-state index contributed by atoms with van der Waals surface area (Å²) in [7, 11) is 0. The van der Waals surface area contributed by atoms with E-state index in [0.29, 0.717) is 13.0 Å². The van der Waals surface area contributed by atoms with Gasteiger partial charge in [-0.05, 0) is 6.42 Å². The summed E-state index contributed by atoms with van der Waals surface area (Å²) in [4.78, 5) is 22.9. The van der Waals surface area contributed by atoms with Gasteiger partial charge in [0.2, 0.25) is 0 Å². The maximum absolute atomic E-state index is 10.9. The van der Waals surface area contributed by atoms with Crippen molar-refractivity contribution >= 4 is 11.9 Å². The molecule has 0 bridgehead atoms. The van der Waals surface area contributed by atoms with Gasteiger partial charge in [-0.25, -0.2) is 0 Å². The molecule has 0 saturated carbocycles. The topological polar surface area (TPSA) is 77.8 Å². The van der Waals surface area contributed by atoms with Gasteiger partial charge in [0.1, 0.15) is 6.04 Å². The first kappa shape index (κ1) is 13.6. The molecule has 0 heterocycles. The van der Waals surface area contributed by atoms with Crippen LogP contribution in [0.2, 0.25) is 0 Å². The van der Waals surface area contributed by atoms with Crippen LogP contribution in [-0.4, -0.2) is 46.2 Å². The molecule has 0 rings (SSSR count). The van der Waals surface area contributed by atoms with E-state index in [9.17, 15) is 9.59 Å². The van der Waals surface area contributed by atoms with Crippen LogP contribution in [0.25, 0.3) is 0 Å². The third-order valence-corrected chi connectivity index (χ3v) is 2.09. The van der Waals surface area contributed by atoms with Crippen LogP contribution in [0.1, 0.15) is 19.8 Å². The Bertz CT molecular complexity index is 240. The standard InChI is InChI=1S/C10H17NO4/c1-3-6-11(7-5-9(12)13)8(4-2)10(14)15/h3,8H,1,4-7H2,2H3,(H,12,13)(H,14,15). The zero-order chi connectivity index (χ0) is 11.8. The molecule has 1 unspecified atom stereocenters. The third-order valence-electron chi connectivity index (χ3n) is 2.09. The fourth-order valence-electron chi connectivity index (χ4n) is 1.37. The summed E-state index contributed by atoms with van der Waals surface area (Å²) in [6, 6.07) is -0.637. The zero-order valence-electron chi connectivity index (χ0n) is 8.85. The van der Waals surface area contributed by atoms with E-state index in [0.717, 1.165) is 0 Å². The number of hydrogen-bond donors (Lipinski definition) is 2. The van der Waals surface area contributed by atoms with E-state index < -0.39 is 18.0 Å². The summed E-state index contributed by atoms with van der Waals surface area (Å²) < 4.78 is 0. The van der Waals surface area contributed by atoms with Gasteiger partial charge in [-0.3, -0.25) is 14.5 Å². The number of aliphatic carboxylic acids is 2. The molecule has 0 saturated heterocycles. The minimum atomic E-state index is -0.927. The average Bonchev–Trinajstić information content (AvgIpc) is 2.14. The van der Waals surface area contributed by atoms with Crippen LogP contribution < -0.4 is 0 Å². The molecule has 2 N–H and O–H groups in total. The minimum absolute atomic E-state index is 0.0579. The average molecular weight is 215 g/mol. The van der Waals surface area contributed by atoms with E-state index >= 15 is 0 Å². The van der Waals surface area contributed by atoms with Crippen LogP contribution in [-0.2, 0) is 9.59 Å². The number of hydrogen-bond acceptors (Lipinski definition) is 3. The highest BCUT2D eigenvalue weighted by Crippen LogP contribution is 2.05. The second-order valence-electron chi connectivity index (χ2n) is 3.19. The summed E-state index contributed by atoms with van der Waals surface area (Å²) in [5.74, 6) is -1.85. The van der Waals surface area contributed by atoms with Gasteiger partial charge in [-0.2, -0.15) is 0 Å². The number of carboxylic acids is 2. The molecule has 5 heteroatoms. The third kappa shape index (κ3) is 5.17. The molecule has 0 amide bonds. The molecule has 0 radical (unpaired) electrons. The fraction of sp³-hybridized carbons (Fsp3) is 0.600. The summed E-state index contributed by atoms with van der Waals surface area (Å²) in [5.41, 5.74) is 0. The molecular formula is C10H17NO4. The molecule has 0 aromatic rings. The van der Waals surface area contributed by atoms with Crippen molar-refractivity contribution in [3.05, 3.63) is 12.7 Å². The van der Waals surface area contributed by atoms with Crippen molar-refractivity contribution in [2.24, 2.45) is 0 Å². The zero-order valence-corrected chi connectivity index (χ0v) is 8.85. The van der Waals surface area contributed by atoms with Crippen LogP contribution in [0.5, 0.6) is 0 Å². The van der Waals surface area contributed by atoms with Gasteiger partial charge in [-0.1, -0.05) is 13.0 Å². The van der Waals surface area contributed by atoms with Crippen molar-refractivity contribution < 1.29 is 19.8 Å². The fourth-order valence-corrected chi connectivity index (χ4v) is 1.37. The number of carboxylic acid groups (broad SMARTS) is 2. The van der Waals surface area contributed by atoms with Crippen LogP contribution >= 0.6 is 0 Å². The smallest absolute Gasteiger partial charge is 0.320 e. The van der Waals surface area contributed by atoms with Gasteiger partial charge < -0.3 is 10.2 Å². The Labute approximate surface area is 89.0 Å². The highest BCUT2D eigenvalue weighted by Gasteiger charge is 2.22. The van der Waals surface area contributed by atoms with E-state index in [1.54, 1.807) is 17.9 Å². The van der Waals surface area contributed by atoms with Gasteiger partial charge in [0.05, 0.1) is 6.42 Å². The van der Waals surface area contributed by atoms with E-state index in [4.69, 9.17) is 10.2 Å². The monoisotopic (exact) mass is 215 g/mol. The van der Waals surface area contributed by atoms with Crippen molar-refractivity contribution in [2.45, 2.75) is 25.8 Å². The molecule has 0 aliphatic heterocycles. The number of carbonyl (C=O) groups is 2. The maximum Gasteiger partial charge on any atom is 0.320 e. The van der Waals surface area contributed by atoms with E-state index in [2.05, 4.69) is 6.58 Å². The lowest BCUT2D eigenvalue weighted by Gasteiger charge is -2.26. The van der Waals surface area contributed by atoms with Gasteiger partial charge in [0.25, 0.3) is 0 Å². The van der Waals surface area contributed by atoms with Gasteiger partial charge in [0.15, 0.2) is 0 Å². The summed E-state index contributed by atoms with van der Waals surface area (Å²) in [5, 5.41) is 17.4. The lowest BCUT2D eigenvalue weighted by molar-refractivity contribution is -0.145. The minimum Gasteiger partial charge on any atom is -0.481 e. The molecule has 0 aliphatic carbocycles. The van der Waals surface area contributed by atoms with Crippen molar-refractivity contribution in [3.8, 4) is 0 Å². The van der Waals surface area contributed by atoms with E-state index in [1.807, 2.05) is 0 Å². The Morgan fingerprint density at radius 3 is 2.40 bits per heavy atom. The Morgan fingerprint density at radius 1 is 1.47 bits per heavy atom.